The van der Waals surface area contributed by atoms with E-state index in [0.717, 1.165) is 0 Å². The zero-order chi connectivity index (χ0) is 10.8. The Bertz CT molecular complexity index is 548. The van der Waals surface area contributed by atoms with Crippen LogP contribution in [0.15, 0.2) is 47.4 Å². The third-order valence-corrected chi connectivity index (χ3v) is 2.06. The number of pyridine rings is 1. The highest BCUT2D eigenvalue weighted by Crippen LogP contribution is 2.10. The molecule has 0 bridgehead atoms. The minimum Gasteiger partial charge on any atom is -0.399 e. The summed E-state index contributed by atoms with van der Waals surface area (Å²) in [5.41, 5.74) is 5.68. The third kappa shape index (κ3) is 1.74. The number of hydrogen-bond donors (Lipinski definition) is 1. The van der Waals surface area contributed by atoms with Gasteiger partial charge in [-0.05, 0) is 18.2 Å². The van der Waals surface area contributed by atoms with Gasteiger partial charge in [0.2, 0.25) is 0 Å². The SMILES string of the molecule is Nc1ccn(-c2ccccc2F)c(=O)c1. The Hall–Kier alpha value is -2.10. The van der Waals surface area contributed by atoms with E-state index in [1.165, 1.54) is 29.0 Å². The van der Waals surface area contributed by atoms with Crippen LogP contribution in [0.25, 0.3) is 5.69 Å². The highest BCUT2D eigenvalue weighted by Gasteiger charge is 2.04. The molecule has 0 aliphatic heterocycles. The summed E-state index contributed by atoms with van der Waals surface area (Å²) in [6, 6.07) is 8.88. The molecule has 15 heavy (non-hydrogen) atoms. The third-order valence-electron chi connectivity index (χ3n) is 2.06. The van der Waals surface area contributed by atoms with Crippen LogP contribution in [-0.4, -0.2) is 4.57 Å². The molecule has 76 valence electrons. The minimum atomic E-state index is -0.440. The number of rotatable bonds is 1. The van der Waals surface area contributed by atoms with Crippen molar-refractivity contribution >= 4 is 5.69 Å². The molecular formula is C11H9FN2O. The van der Waals surface area contributed by atoms with Crippen molar-refractivity contribution in [1.82, 2.24) is 4.57 Å². The maximum absolute atomic E-state index is 13.4. The largest absolute Gasteiger partial charge is 0.399 e. The molecule has 0 unspecified atom stereocenters. The van der Waals surface area contributed by atoms with Crippen LogP contribution in [-0.2, 0) is 0 Å². The van der Waals surface area contributed by atoms with Gasteiger partial charge in [-0.1, -0.05) is 12.1 Å². The Morgan fingerprint density at radius 2 is 1.93 bits per heavy atom. The van der Waals surface area contributed by atoms with E-state index < -0.39 is 5.82 Å². The van der Waals surface area contributed by atoms with Gasteiger partial charge in [-0.2, -0.15) is 0 Å². The van der Waals surface area contributed by atoms with Gasteiger partial charge in [-0.25, -0.2) is 4.39 Å². The van der Waals surface area contributed by atoms with Crippen molar-refractivity contribution in [2.45, 2.75) is 0 Å². The van der Waals surface area contributed by atoms with Crippen molar-refractivity contribution in [2.75, 3.05) is 5.73 Å². The average molecular weight is 204 g/mol. The number of aromatic nitrogens is 1. The molecule has 2 rings (SSSR count). The summed E-state index contributed by atoms with van der Waals surface area (Å²) in [5.74, 6) is -0.440. The molecule has 0 aliphatic rings. The fourth-order valence-electron chi connectivity index (χ4n) is 1.34. The van der Waals surface area contributed by atoms with Gasteiger partial charge in [-0.3, -0.25) is 9.36 Å². The fraction of sp³-hybridized carbons (Fsp3) is 0. The number of nitrogens with zero attached hydrogens (tertiary/aromatic N) is 1. The van der Waals surface area contributed by atoms with Crippen LogP contribution in [0.3, 0.4) is 0 Å². The molecule has 0 saturated heterocycles. The second kappa shape index (κ2) is 3.57. The van der Waals surface area contributed by atoms with Crippen LogP contribution in [0.5, 0.6) is 0 Å². The first-order chi connectivity index (χ1) is 7.18. The van der Waals surface area contributed by atoms with Gasteiger partial charge in [0, 0.05) is 18.0 Å². The molecule has 3 nitrogen and oxygen atoms in total. The van der Waals surface area contributed by atoms with Crippen molar-refractivity contribution in [3.05, 3.63) is 58.8 Å². The van der Waals surface area contributed by atoms with E-state index in [9.17, 15) is 9.18 Å². The van der Waals surface area contributed by atoms with Gasteiger partial charge in [0.15, 0.2) is 0 Å². The molecule has 1 aromatic heterocycles. The van der Waals surface area contributed by atoms with E-state index in [1.54, 1.807) is 18.2 Å². The number of para-hydroxylation sites is 1. The molecule has 2 aromatic rings. The molecule has 0 radical (unpaired) electrons. The maximum atomic E-state index is 13.4. The monoisotopic (exact) mass is 204 g/mol. The molecule has 0 spiro atoms. The van der Waals surface area contributed by atoms with Crippen LogP contribution < -0.4 is 11.3 Å². The van der Waals surface area contributed by atoms with Crippen molar-refractivity contribution in [3.63, 3.8) is 0 Å². The summed E-state index contributed by atoms with van der Waals surface area (Å²) in [4.78, 5) is 11.5. The van der Waals surface area contributed by atoms with Gasteiger partial charge in [-0.15, -0.1) is 0 Å². The number of benzene rings is 1. The molecule has 0 fully saturated rings. The molecule has 2 N–H and O–H groups in total. The normalized spacial score (nSPS) is 10.2. The molecule has 0 atom stereocenters. The molecule has 0 saturated carbocycles. The van der Waals surface area contributed by atoms with Crippen LogP contribution >= 0.6 is 0 Å². The summed E-state index contributed by atoms with van der Waals surface area (Å²) in [6.07, 6.45) is 1.45. The summed E-state index contributed by atoms with van der Waals surface area (Å²) in [5, 5.41) is 0. The van der Waals surface area contributed by atoms with Crippen molar-refractivity contribution in [3.8, 4) is 5.69 Å². The molecule has 0 aliphatic carbocycles. The lowest BCUT2D eigenvalue weighted by atomic mass is 10.3. The van der Waals surface area contributed by atoms with E-state index >= 15 is 0 Å². The van der Waals surface area contributed by atoms with E-state index in [-0.39, 0.29) is 11.2 Å². The van der Waals surface area contributed by atoms with E-state index in [4.69, 9.17) is 5.73 Å². The standard InChI is InChI=1S/C11H9FN2O/c12-9-3-1-2-4-10(9)14-6-5-8(13)7-11(14)15/h1-7H,13H2. The molecule has 1 aromatic carbocycles. The topological polar surface area (TPSA) is 48.0 Å². The average Bonchev–Trinajstić information content (AvgIpc) is 2.20. The summed E-state index contributed by atoms with van der Waals surface area (Å²) in [6.45, 7) is 0. The number of nitrogen functional groups attached to an aromatic ring is 1. The van der Waals surface area contributed by atoms with Crippen molar-refractivity contribution in [1.29, 1.82) is 0 Å². The first kappa shape index (κ1) is 9.45. The Balaban J connectivity index is 2.65. The van der Waals surface area contributed by atoms with E-state index in [0.29, 0.717) is 5.69 Å². The zero-order valence-corrected chi connectivity index (χ0v) is 7.85. The van der Waals surface area contributed by atoms with Crippen molar-refractivity contribution < 1.29 is 4.39 Å². The first-order valence-corrected chi connectivity index (χ1v) is 4.41. The lowest BCUT2D eigenvalue weighted by Crippen LogP contribution is -2.17. The Kier molecular flexibility index (Phi) is 2.25. The number of nitrogens with two attached hydrogens (primary N) is 1. The predicted molar refractivity (Wildman–Crippen MR) is 56.4 cm³/mol. The summed E-state index contributed by atoms with van der Waals surface area (Å²) in [7, 11) is 0. The number of hydrogen-bond acceptors (Lipinski definition) is 2. The van der Waals surface area contributed by atoms with Crippen LogP contribution in [0.2, 0.25) is 0 Å². The first-order valence-electron chi connectivity index (χ1n) is 4.41. The van der Waals surface area contributed by atoms with Gasteiger partial charge < -0.3 is 5.73 Å². The fourth-order valence-corrected chi connectivity index (χ4v) is 1.34. The maximum Gasteiger partial charge on any atom is 0.257 e. The molecular weight excluding hydrogens is 195 g/mol. The Morgan fingerprint density at radius 1 is 1.20 bits per heavy atom. The quantitative estimate of drug-likeness (QED) is 0.766. The Labute approximate surface area is 85.6 Å². The van der Waals surface area contributed by atoms with Crippen LogP contribution in [0, 0.1) is 5.82 Å². The van der Waals surface area contributed by atoms with Gasteiger partial charge >= 0.3 is 0 Å². The second-order valence-electron chi connectivity index (χ2n) is 3.12. The zero-order valence-electron chi connectivity index (χ0n) is 7.85. The minimum absolute atomic E-state index is 0.225. The highest BCUT2D eigenvalue weighted by atomic mass is 19.1. The lowest BCUT2D eigenvalue weighted by Gasteiger charge is -2.06. The predicted octanol–water partition coefficient (Wildman–Crippen LogP) is 1.56. The number of halogens is 1. The van der Waals surface area contributed by atoms with Crippen LogP contribution in [0.1, 0.15) is 0 Å². The molecule has 1 heterocycles. The molecule has 4 heteroatoms. The lowest BCUT2D eigenvalue weighted by molar-refractivity contribution is 0.616. The van der Waals surface area contributed by atoms with Crippen LogP contribution in [0.4, 0.5) is 10.1 Å². The second-order valence-corrected chi connectivity index (χ2v) is 3.12. The number of anilines is 1. The van der Waals surface area contributed by atoms with E-state index in [2.05, 4.69) is 0 Å². The highest BCUT2D eigenvalue weighted by molar-refractivity contribution is 5.39. The Morgan fingerprint density at radius 3 is 2.60 bits per heavy atom. The molecule has 0 amide bonds. The summed E-state index contributed by atoms with van der Waals surface area (Å²) < 4.78 is 14.6. The smallest absolute Gasteiger partial charge is 0.257 e. The summed E-state index contributed by atoms with van der Waals surface area (Å²) >= 11 is 0. The van der Waals surface area contributed by atoms with Gasteiger partial charge in [0.25, 0.3) is 5.56 Å². The van der Waals surface area contributed by atoms with Gasteiger partial charge in [0.05, 0.1) is 5.69 Å². The van der Waals surface area contributed by atoms with Gasteiger partial charge in [0.1, 0.15) is 5.82 Å². The van der Waals surface area contributed by atoms with E-state index in [1.807, 2.05) is 0 Å². The van der Waals surface area contributed by atoms with Crippen molar-refractivity contribution in [2.24, 2.45) is 0 Å².